The van der Waals surface area contributed by atoms with Crippen molar-refractivity contribution >= 4 is 5.82 Å². The van der Waals surface area contributed by atoms with E-state index >= 15 is 0 Å². The van der Waals surface area contributed by atoms with Gasteiger partial charge in [-0.1, -0.05) is 0 Å². The van der Waals surface area contributed by atoms with Crippen LogP contribution in [0.1, 0.15) is 32.6 Å². The van der Waals surface area contributed by atoms with Crippen LogP contribution in [0.25, 0.3) is 0 Å². The first kappa shape index (κ1) is 14.6. The van der Waals surface area contributed by atoms with Gasteiger partial charge in [-0.2, -0.15) is 0 Å². The lowest BCUT2D eigenvalue weighted by Gasteiger charge is -2.38. The van der Waals surface area contributed by atoms with Gasteiger partial charge in [-0.05, 0) is 44.4 Å². The molecule has 5 nitrogen and oxygen atoms in total. The molecular formula is C16H25N3O2. The van der Waals surface area contributed by atoms with Gasteiger partial charge >= 0.3 is 0 Å². The molecule has 0 atom stereocenters. The van der Waals surface area contributed by atoms with Crippen molar-refractivity contribution in [2.75, 3.05) is 37.8 Å². The van der Waals surface area contributed by atoms with Crippen LogP contribution >= 0.6 is 0 Å². The largest absolute Gasteiger partial charge is 0.478 e. The highest BCUT2D eigenvalue weighted by molar-refractivity contribution is 5.41. The summed E-state index contributed by atoms with van der Waals surface area (Å²) in [6, 6.07) is 1.96. The first-order chi connectivity index (χ1) is 10.4. The van der Waals surface area contributed by atoms with Gasteiger partial charge in [-0.3, -0.25) is 0 Å². The zero-order chi connectivity index (χ0) is 14.5. The Bertz CT molecular complexity index is 441. The topological polar surface area (TPSA) is 47.5 Å². The van der Waals surface area contributed by atoms with Crippen molar-refractivity contribution in [3.8, 4) is 5.88 Å². The third-order valence-electron chi connectivity index (χ3n) is 4.72. The molecule has 3 rings (SSSR count). The third-order valence-corrected chi connectivity index (χ3v) is 4.72. The third kappa shape index (κ3) is 3.64. The van der Waals surface area contributed by atoms with Crippen molar-refractivity contribution in [2.24, 2.45) is 11.8 Å². The number of piperidine rings is 1. The van der Waals surface area contributed by atoms with Crippen molar-refractivity contribution in [3.63, 3.8) is 0 Å². The number of ether oxygens (including phenoxy) is 2. The summed E-state index contributed by atoms with van der Waals surface area (Å²) in [5, 5.41) is 0. The Morgan fingerprint density at radius 1 is 1.14 bits per heavy atom. The van der Waals surface area contributed by atoms with Crippen molar-refractivity contribution < 1.29 is 9.47 Å². The van der Waals surface area contributed by atoms with Crippen LogP contribution in [-0.2, 0) is 4.74 Å². The Hall–Kier alpha value is -1.36. The summed E-state index contributed by atoms with van der Waals surface area (Å²) >= 11 is 0. The van der Waals surface area contributed by atoms with Gasteiger partial charge in [0.15, 0.2) is 0 Å². The highest BCUT2D eigenvalue weighted by Gasteiger charge is 2.28. The average molecular weight is 291 g/mol. The fraction of sp³-hybridized carbons (Fsp3) is 0.750. The molecule has 2 aliphatic heterocycles. The van der Waals surface area contributed by atoms with Crippen LogP contribution < -0.4 is 9.64 Å². The van der Waals surface area contributed by atoms with Crippen LogP contribution in [0.2, 0.25) is 0 Å². The summed E-state index contributed by atoms with van der Waals surface area (Å²) in [6.45, 7) is 6.70. The van der Waals surface area contributed by atoms with Crippen LogP contribution in [0, 0.1) is 11.8 Å². The molecular weight excluding hydrogens is 266 g/mol. The SMILES string of the molecule is CCOc1cc(N2CCC(C3CCOCC3)CC2)ncn1. The maximum absolute atomic E-state index is 5.48. The number of anilines is 1. The Balaban J connectivity index is 1.56. The monoisotopic (exact) mass is 291 g/mol. The standard InChI is InChI=1S/C16H25N3O2/c1-2-21-16-11-15(17-12-18-16)19-7-3-13(4-8-19)14-5-9-20-10-6-14/h11-14H,2-10H2,1H3. The first-order valence-corrected chi connectivity index (χ1v) is 8.14. The zero-order valence-electron chi connectivity index (χ0n) is 12.8. The van der Waals surface area contributed by atoms with E-state index in [-0.39, 0.29) is 0 Å². The van der Waals surface area contributed by atoms with E-state index in [0.29, 0.717) is 12.5 Å². The predicted molar refractivity (Wildman–Crippen MR) is 81.7 cm³/mol. The van der Waals surface area contributed by atoms with Gasteiger partial charge in [0, 0.05) is 32.4 Å². The molecule has 2 saturated heterocycles. The first-order valence-electron chi connectivity index (χ1n) is 8.14. The van der Waals surface area contributed by atoms with E-state index in [0.717, 1.165) is 44.0 Å². The lowest BCUT2D eigenvalue weighted by Crippen LogP contribution is -2.37. The zero-order valence-corrected chi connectivity index (χ0v) is 12.8. The molecule has 5 heteroatoms. The summed E-state index contributed by atoms with van der Waals surface area (Å²) in [5.41, 5.74) is 0. The average Bonchev–Trinajstić information content (AvgIpc) is 2.56. The Morgan fingerprint density at radius 3 is 2.57 bits per heavy atom. The summed E-state index contributed by atoms with van der Waals surface area (Å²) in [7, 11) is 0. The molecule has 0 unspecified atom stereocenters. The molecule has 0 amide bonds. The second-order valence-electron chi connectivity index (χ2n) is 5.92. The summed E-state index contributed by atoms with van der Waals surface area (Å²) in [4.78, 5) is 10.9. The summed E-state index contributed by atoms with van der Waals surface area (Å²) in [6.07, 6.45) is 6.61. The van der Waals surface area contributed by atoms with Gasteiger partial charge in [0.1, 0.15) is 12.1 Å². The van der Waals surface area contributed by atoms with Gasteiger partial charge in [-0.15, -0.1) is 0 Å². The number of rotatable bonds is 4. The Labute approximate surface area is 126 Å². The fourth-order valence-electron chi connectivity index (χ4n) is 3.52. The molecule has 116 valence electrons. The van der Waals surface area contributed by atoms with Crippen molar-refractivity contribution in [1.29, 1.82) is 0 Å². The van der Waals surface area contributed by atoms with Crippen LogP contribution in [0.15, 0.2) is 12.4 Å². The van der Waals surface area contributed by atoms with Crippen molar-refractivity contribution in [2.45, 2.75) is 32.6 Å². The molecule has 21 heavy (non-hydrogen) atoms. The highest BCUT2D eigenvalue weighted by Crippen LogP contribution is 2.33. The van der Waals surface area contributed by atoms with E-state index in [4.69, 9.17) is 9.47 Å². The quantitative estimate of drug-likeness (QED) is 0.853. The van der Waals surface area contributed by atoms with E-state index in [9.17, 15) is 0 Å². The van der Waals surface area contributed by atoms with Gasteiger partial charge in [0.2, 0.25) is 5.88 Å². The van der Waals surface area contributed by atoms with Crippen LogP contribution in [-0.4, -0.2) is 42.9 Å². The molecule has 0 aliphatic carbocycles. The van der Waals surface area contributed by atoms with Crippen LogP contribution in [0.5, 0.6) is 5.88 Å². The number of hydrogen-bond acceptors (Lipinski definition) is 5. The molecule has 2 fully saturated rings. The summed E-state index contributed by atoms with van der Waals surface area (Å²) < 4.78 is 10.9. The van der Waals surface area contributed by atoms with E-state index in [2.05, 4.69) is 14.9 Å². The van der Waals surface area contributed by atoms with Gasteiger partial charge in [0.25, 0.3) is 0 Å². The minimum absolute atomic E-state index is 0.641. The molecule has 0 spiro atoms. The number of aromatic nitrogens is 2. The minimum atomic E-state index is 0.641. The molecule has 0 N–H and O–H groups in total. The molecule has 0 radical (unpaired) electrons. The van der Waals surface area contributed by atoms with E-state index in [1.807, 2.05) is 13.0 Å². The van der Waals surface area contributed by atoms with Crippen LogP contribution in [0.3, 0.4) is 0 Å². The minimum Gasteiger partial charge on any atom is -0.478 e. The van der Waals surface area contributed by atoms with Gasteiger partial charge in [0.05, 0.1) is 6.61 Å². The lowest BCUT2D eigenvalue weighted by molar-refractivity contribution is 0.0418. The number of hydrogen-bond donors (Lipinski definition) is 0. The van der Waals surface area contributed by atoms with E-state index < -0.39 is 0 Å². The lowest BCUT2D eigenvalue weighted by atomic mass is 9.80. The maximum Gasteiger partial charge on any atom is 0.218 e. The molecule has 0 bridgehead atoms. The second-order valence-corrected chi connectivity index (χ2v) is 5.92. The Kier molecular flexibility index (Phi) is 4.91. The maximum atomic E-state index is 5.48. The highest BCUT2D eigenvalue weighted by atomic mass is 16.5. The molecule has 0 aromatic carbocycles. The molecule has 1 aromatic rings. The molecule has 0 saturated carbocycles. The number of nitrogens with zero attached hydrogens (tertiary/aromatic N) is 3. The van der Waals surface area contributed by atoms with Gasteiger partial charge in [-0.25, -0.2) is 9.97 Å². The molecule has 3 heterocycles. The van der Waals surface area contributed by atoms with Crippen molar-refractivity contribution in [1.82, 2.24) is 9.97 Å². The second kappa shape index (κ2) is 7.07. The van der Waals surface area contributed by atoms with E-state index in [1.54, 1.807) is 6.33 Å². The van der Waals surface area contributed by atoms with Crippen LogP contribution in [0.4, 0.5) is 5.82 Å². The molecule has 2 aliphatic rings. The van der Waals surface area contributed by atoms with Gasteiger partial charge < -0.3 is 14.4 Å². The van der Waals surface area contributed by atoms with Crippen molar-refractivity contribution in [3.05, 3.63) is 12.4 Å². The summed E-state index contributed by atoms with van der Waals surface area (Å²) in [5.74, 6) is 3.40. The molecule has 1 aromatic heterocycles. The smallest absolute Gasteiger partial charge is 0.218 e. The Morgan fingerprint density at radius 2 is 1.86 bits per heavy atom. The van der Waals surface area contributed by atoms with E-state index in [1.165, 1.54) is 25.7 Å². The fourth-order valence-corrected chi connectivity index (χ4v) is 3.52. The predicted octanol–water partition coefficient (Wildman–Crippen LogP) is 2.52. The normalized spacial score (nSPS) is 21.5.